The first-order valence-electron chi connectivity index (χ1n) is 5.61. The highest BCUT2D eigenvalue weighted by molar-refractivity contribution is 9.09. The Balaban J connectivity index is 2.48. The zero-order chi connectivity index (χ0) is 12.1. The van der Waals surface area contributed by atoms with Crippen LogP contribution in [0.25, 0.3) is 0 Å². The number of alkyl halides is 1. The van der Waals surface area contributed by atoms with Gasteiger partial charge in [-0.15, -0.1) is 0 Å². The van der Waals surface area contributed by atoms with Gasteiger partial charge in [-0.3, -0.25) is 0 Å². The van der Waals surface area contributed by atoms with E-state index in [1.54, 1.807) is 0 Å². The third kappa shape index (κ3) is 4.86. The highest BCUT2D eigenvalue weighted by Crippen LogP contribution is 2.17. The average Bonchev–Trinajstić information content (AvgIpc) is 2.15. The third-order valence-electron chi connectivity index (χ3n) is 2.53. The lowest BCUT2D eigenvalue weighted by Gasteiger charge is -2.15. The Kier molecular flexibility index (Phi) is 5.81. The molecule has 0 aromatic heterocycles. The van der Waals surface area contributed by atoms with E-state index in [2.05, 4.69) is 54.2 Å². The number of hydrogen-bond acceptors (Lipinski definition) is 1. The molecule has 0 saturated heterocycles. The molecule has 1 N–H and O–H groups in total. The smallest absolute Gasteiger partial charge is 0.0453 e. The Morgan fingerprint density at radius 2 is 2.06 bits per heavy atom. The Labute approximate surface area is 112 Å². The fraction of sp³-hybridized carbons (Fsp3) is 0.538. The first-order chi connectivity index (χ1) is 7.49. The molecule has 2 unspecified atom stereocenters. The van der Waals surface area contributed by atoms with Gasteiger partial charge in [-0.25, -0.2) is 0 Å². The van der Waals surface area contributed by atoms with Gasteiger partial charge in [0.15, 0.2) is 0 Å². The lowest BCUT2D eigenvalue weighted by atomic mass is 10.1. The molecular weight excluding hydrogens is 286 g/mol. The predicted molar refractivity (Wildman–Crippen MR) is 75.5 cm³/mol. The van der Waals surface area contributed by atoms with Gasteiger partial charge in [0.25, 0.3) is 0 Å². The summed E-state index contributed by atoms with van der Waals surface area (Å²) in [5.74, 6) is 0. The minimum absolute atomic E-state index is 0.492. The van der Waals surface area contributed by atoms with E-state index in [1.165, 1.54) is 11.1 Å². The molecule has 0 radical (unpaired) electrons. The molecule has 0 amide bonds. The fourth-order valence-corrected chi connectivity index (χ4v) is 2.51. The van der Waals surface area contributed by atoms with Gasteiger partial charge < -0.3 is 5.32 Å². The number of rotatable bonds is 5. The number of aryl methyl sites for hydroxylation is 1. The van der Waals surface area contributed by atoms with Crippen LogP contribution in [0.5, 0.6) is 0 Å². The van der Waals surface area contributed by atoms with Crippen molar-refractivity contribution in [3.63, 3.8) is 0 Å². The van der Waals surface area contributed by atoms with Crippen molar-refractivity contribution in [2.24, 2.45) is 0 Å². The summed E-state index contributed by atoms with van der Waals surface area (Å²) in [5, 5.41) is 4.33. The lowest BCUT2D eigenvalue weighted by molar-refractivity contribution is 0.516. The topological polar surface area (TPSA) is 12.0 Å². The summed E-state index contributed by atoms with van der Waals surface area (Å²) in [5.41, 5.74) is 2.37. The van der Waals surface area contributed by atoms with Crippen LogP contribution >= 0.6 is 27.5 Å². The van der Waals surface area contributed by atoms with Crippen LogP contribution < -0.4 is 5.32 Å². The van der Waals surface area contributed by atoms with Crippen molar-refractivity contribution in [2.45, 2.75) is 44.6 Å². The molecule has 0 aliphatic rings. The molecule has 1 aromatic carbocycles. The fourth-order valence-electron chi connectivity index (χ4n) is 1.65. The van der Waals surface area contributed by atoms with Crippen molar-refractivity contribution in [2.75, 3.05) is 0 Å². The van der Waals surface area contributed by atoms with Crippen LogP contribution in [0, 0.1) is 6.92 Å². The second-order valence-electron chi connectivity index (χ2n) is 4.39. The van der Waals surface area contributed by atoms with E-state index in [1.807, 2.05) is 6.07 Å². The van der Waals surface area contributed by atoms with Crippen molar-refractivity contribution in [3.05, 3.63) is 34.3 Å². The number of hydrogen-bond donors (Lipinski definition) is 1. The molecule has 16 heavy (non-hydrogen) atoms. The first-order valence-corrected chi connectivity index (χ1v) is 6.91. The largest absolute Gasteiger partial charge is 0.310 e. The molecule has 0 bridgehead atoms. The van der Waals surface area contributed by atoms with Crippen LogP contribution in [0.15, 0.2) is 18.2 Å². The van der Waals surface area contributed by atoms with Crippen LogP contribution in [0.4, 0.5) is 0 Å². The standard InChI is InChI=1S/C13H19BrClN/c1-9-4-5-12(13(15)6-9)8-16-11(3)7-10(2)14/h4-6,10-11,16H,7-8H2,1-3H3. The van der Waals surface area contributed by atoms with E-state index in [0.717, 1.165) is 18.0 Å². The van der Waals surface area contributed by atoms with Crippen LogP contribution in [-0.2, 0) is 6.54 Å². The normalized spacial score (nSPS) is 14.8. The highest BCUT2D eigenvalue weighted by Gasteiger charge is 2.06. The minimum Gasteiger partial charge on any atom is -0.310 e. The Bertz CT molecular complexity index is 339. The third-order valence-corrected chi connectivity index (χ3v) is 3.25. The molecule has 0 fully saturated rings. The molecule has 2 atom stereocenters. The SMILES string of the molecule is Cc1ccc(CNC(C)CC(C)Br)c(Cl)c1. The van der Waals surface area contributed by atoms with E-state index in [4.69, 9.17) is 11.6 Å². The number of benzene rings is 1. The second kappa shape index (κ2) is 6.63. The van der Waals surface area contributed by atoms with Crippen LogP contribution in [0.3, 0.4) is 0 Å². The van der Waals surface area contributed by atoms with Gasteiger partial charge >= 0.3 is 0 Å². The summed E-state index contributed by atoms with van der Waals surface area (Å²) in [7, 11) is 0. The van der Waals surface area contributed by atoms with Crippen LogP contribution in [-0.4, -0.2) is 10.9 Å². The lowest BCUT2D eigenvalue weighted by Crippen LogP contribution is -2.27. The monoisotopic (exact) mass is 303 g/mol. The molecule has 0 spiro atoms. The molecular formula is C13H19BrClN. The van der Waals surface area contributed by atoms with Crippen LogP contribution in [0.1, 0.15) is 31.4 Å². The van der Waals surface area contributed by atoms with Gasteiger partial charge in [-0.2, -0.15) is 0 Å². The van der Waals surface area contributed by atoms with Gasteiger partial charge in [0.2, 0.25) is 0 Å². The molecule has 0 aliphatic heterocycles. The van der Waals surface area contributed by atoms with Crippen LogP contribution in [0.2, 0.25) is 5.02 Å². The van der Waals surface area contributed by atoms with Crippen molar-refractivity contribution in [1.82, 2.24) is 5.32 Å². The zero-order valence-corrected chi connectivity index (χ0v) is 12.4. The Morgan fingerprint density at radius 1 is 1.38 bits per heavy atom. The van der Waals surface area contributed by atoms with Crippen molar-refractivity contribution < 1.29 is 0 Å². The van der Waals surface area contributed by atoms with Gasteiger partial charge in [0, 0.05) is 22.4 Å². The van der Waals surface area contributed by atoms with Crippen molar-refractivity contribution >= 4 is 27.5 Å². The molecule has 0 saturated carbocycles. The summed E-state index contributed by atoms with van der Waals surface area (Å²) < 4.78 is 0. The molecule has 90 valence electrons. The maximum absolute atomic E-state index is 6.17. The van der Waals surface area contributed by atoms with E-state index in [0.29, 0.717) is 10.9 Å². The van der Waals surface area contributed by atoms with Crippen molar-refractivity contribution in [3.8, 4) is 0 Å². The summed E-state index contributed by atoms with van der Waals surface area (Å²) >= 11 is 9.73. The van der Waals surface area contributed by atoms with E-state index >= 15 is 0 Å². The highest BCUT2D eigenvalue weighted by atomic mass is 79.9. The second-order valence-corrected chi connectivity index (χ2v) is 6.36. The van der Waals surface area contributed by atoms with Gasteiger partial charge in [-0.05, 0) is 37.5 Å². The molecule has 1 aromatic rings. The predicted octanol–water partition coefficient (Wildman–Crippen LogP) is 4.30. The Hall–Kier alpha value is -0.0500. The number of nitrogens with one attached hydrogen (secondary N) is 1. The quantitative estimate of drug-likeness (QED) is 0.800. The van der Waals surface area contributed by atoms with E-state index in [-0.39, 0.29) is 0 Å². The van der Waals surface area contributed by atoms with Gasteiger partial charge in [0.05, 0.1) is 0 Å². The van der Waals surface area contributed by atoms with Crippen molar-refractivity contribution in [1.29, 1.82) is 0 Å². The first kappa shape index (κ1) is 14.0. The molecule has 0 aliphatic carbocycles. The molecule has 3 heteroatoms. The Morgan fingerprint density at radius 3 is 2.62 bits per heavy atom. The maximum Gasteiger partial charge on any atom is 0.0453 e. The number of halogens is 2. The summed E-state index contributed by atoms with van der Waals surface area (Å²) in [6, 6.07) is 6.69. The minimum atomic E-state index is 0.492. The molecule has 1 nitrogen and oxygen atoms in total. The van der Waals surface area contributed by atoms with Gasteiger partial charge in [-0.1, -0.05) is 46.6 Å². The van der Waals surface area contributed by atoms with E-state index < -0.39 is 0 Å². The average molecular weight is 305 g/mol. The summed E-state index contributed by atoms with van der Waals surface area (Å²) in [6.07, 6.45) is 1.11. The molecule has 0 heterocycles. The van der Waals surface area contributed by atoms with Gasteiger partial charge in [0.1, 0.15) is 0 Å². The van der Waals surface area contributed by atoms with E-state index in [9.17, 15) is 0 Å². The zero-order valence-electron chi connectivity index (χ0n) is 10.1. The summed E-state index contributed by atoms with van der Waals surface area (Å²) in [6.45, 7) is 7.25. The maximum atomic E-state index is 6.17. The summed E-state index contributed by atoms with van der Waals surface area (Å²) in [4.78, 5) is 0.545. The molecule has 1 rings (SSSR count).